The van der Waals surface area contributed by atoms with Gasteiger partial charge in [0.2, 0.25) is 0 Å². The summed E-state index contributed by atoms with van der Waals surface area (Å²) in [4.78, 5) is 62.7. The number of nitrogens with one attached hydrogen (secondary N) is 1. The third kappa shape index (κ3) is 4.60. The first-order chi connectivity index (χ1) is 17.2. The van der Waals surface area contributed by atoms with Crippen molar-refractivity contribution in [2.45, 2.75) is 19.4 Å². The number of carbonyl (C=O) groups excluding carboxylic acids is 4. The smallest absolute Gasteiger partial charge is 0.328 e. The normalized spacial score (nSPS) is 13.2. The topological polar surface area (TPSA) is 122 Å². The lowest BCUT2D eigenvalue weighted by atomic mass is 10.0. The molecule has 0 radical (unpaired) electrons. The number of methoxy groups -OCH3 is 1. The molecule has 9 nitrogen and oxygen atoms in total. The van der Waals surface area contributed by atoms with Gasteiger partial charge in [-0.2, -0.15) is 0 Å². The highest BCUT2D eigenvalue weighted by atomic mass is 35.5. The number of ether oxygens (including phenoxy) is 1. The van der Waals surface area contributed by atoms with Crippen LogP contribution in [0.2, 0.25) is 5.02 Å². The fourth-order valence-electron chi connectivity index (χ4n) is 4.02. The number of nitroso groups, excluding NO2 is 1. The summed E-state index contributed by atoms with van der Waals surface area (Å²) in [6, 6.07) is 14.5. The molecule has 1 aliphatic rings. The van der Waals surface area contributed by atoms with E-state index in [1.807, 2.05) is 0 Å². The first-order valence-electron chi connectivity index (χ1n) is 10.8. The maximum absolute atomic E-state index is 12.9. The van der Waals surface area contributed by atoms with E-state index in [0.717, 1.165) is 4.90 Å². The van der Waals surface area contributed by atoms with Crippen molar-refractivity contribution in [2.24, 2.45) is 5.18 Å². The molecule has 0 aromatic heterocycles. The van der Waals surface area contributed by atoms with E-state index in [2.05, 4.69) is 10.5 Å². The number of anilines is 1. The number of fused-ring (bicyclic) bond motifs is 1. The number of aryl methyl sites for hydroxylation is 1. The number of benzene rings is 3. The highest BCUT2D eigenvalue weighted by molar-refractivity contribution is 6.35. The van der Waals surface area contributed by atoms with Crippen LogP contribution >= 0.6 is 11.6 Å². The minimum absolute atomic E-state index is 0.0509. The van der Waals surface area contributed by atoms with Gasteiger partial charge in [0.25, 0.3) is 17.7 Å². The monoisotopic (exact) mass is 505 g/mol. The zero-order chi connectivity index (χ0) is 26.0. The number of hydrogen-bond acceptors (Lipinski definition) is 7. The molecule has 36 heavy (non-hydrogen) atoms. The first kappa shape index (κ1) is 24.7. The van der Waals surface area contributed by atoms with Crippen molar-refractivity contribution < 1.29 is 23.9 Å². The van der Waals surface area contributed by atoms with Crippen molar-refractivity contribution in [1.82, 2.24) is 5.32 Å². The molecule has 0 saturated carbocycles. The van der Waals surface area contributed by atoms with Gasteiger partial charge in [-0.25, -0.2) is 9.69 Å². The Hall–Kier alpha value is -4.37. The Kier molecular flexibility index (Phi) is 6.93. The van der Waals surface area contributed by atoms with Crippen LogP contribution in [-0.4, -0.2) is 36.8 Å². The predicted octanol–water partition coefficient (Wildman–Crippen LogP) is 4.36. The molecule has 0 aliphatic carbocycles. The minimum atomic E-state index is -1.00. The molecule has 3 amide bonds. The highest BCUT2D eigenvalue weighted by Crippen LogP contribution is 2.31. The first-order valence-corrected chi connectivity index (χ1v) is 11.2. The highest BCUT2D eigenvalue weighted by Gasteiger charge is 2.37. The number of amides is 3. The largest absolute Gasteiger partial charge is 0.467 e. The summed E-state index contributed by atoms with van der Waals surface area (Å²) in [7, 11) is 1.22. The van der Waals surface area contributed by atoms with Gasteiger partial charge in [-0.15, -0.1) is 4.91 Å². The predicted molar refractivity (Wildman–Crippen MR) is 133 cm³/mol. The van der Waals surface area contributed by atoms with Crippen molar-refractivity contribution in [2.75, 3.05) is 12.0 Å². The average molecular weight is 506 g/mol. The zero-order valence-electron chi connectivity index (χ0n) is 19.3. The Morgan fingerprint density at radius 3 is 2.36 bits per heavy atom. The Labute approximate surface area is 211 Å². The Morgan fingerprint density at radius 1 is 1.03 bits per heavy atom. The van der Waals surface area contributed by atoms with Gasteiger partial charge in [-0.3, -0.25) is 14.4 Å². The van der Waals surface area contributed by atoms with Crippen LogP contribution in [0.3, 0.4) is 0 Å². The molecule has 0 spiro atoms. The van der Waals surface area contributed by atoms with Crippen LogP contribution in [0.1, 0.15) is 42.2 Å². The van der Waals surface area contributed by atoms with Gasteiger partial charge in [-0.05, 0) is 59.6 Å². The minimum Gasteiger partial charge on any atom is -0.467 e. The van der Waals surface area contributed by atoms with Crippen LogP contribution < -0.4 is 10.2 Å². The van der Waals surface area contributed by atoms with E-state index >= 15 is 0 Å². The summed E-state index contributed by atoms with van der Waals surface area (Å²) in [6.07, 6.45) is 0.0959. The summed E-state index contributed by atoms with van der Waals surface area (Å²) in [5.74, 6) is -2.24. The number of nitrogens with zero attached hydrogens (tertiary/aromatic N) is 2. The SMILES string of the molecule is COC(=O)C(Cc1ccc(N2C(=O)c3ccc(N=O)cc3C2=O)cc1)NC(=O)c1c(C)cccc1Cl. The van der Waals surface area contributed by atoms with Gasteiger partial charge in [0.05, 0.1) is 34.5 Å². The van der Waals surface area contributed by atoms with E-state index in [-0.39, 0.29) is 33.8 Å². The van der Waals surface area contributed by atoms with Crippen molar-refractivity contribution in [3.8, 4) is 0 Å². The van der Waals surface area contributed by atoms with Gasteiger partial charge >= 0.3 is 5.97 Å². The number of hydrogen-bond donors (Lipinski definition) is 1. The van der Waals surface area contributed by atoms with Crippen molar-refractivity contribution in [1.29, 1.82) is 0 Å². The van der Waals surface area contributed by atoms with Crippen molar-refractivity contribution >= 4 is 46.7 Å². The van der Waals surface area contributed by atoms with E-state index in [4.69, 9.17) is 16.3 Å². The molecule has 0 saturated heterocycles. The molecule has 1 heterocycles. The van der Waals surface area contributed by atoms with Gasteiger partial charge in [-0.1, -0.05) is 35.9 Å². The fourth-order valence-corrected chi connectivity index (χ4v) is 4.33. The van der Waals surface area contributed by atoms with Crippen molar-refractivity contribution in [3.63, 3.8) is 0 Å². The lowest BCUT2D eigenvalue weighted by molar-refractivity contribution is -0.142. The average Bonchev–Trinajstić information content (AvgIpc) is 3.12. The van der Waals surface area contributed by atoms with E-state index in [9.17, 15) is 24.1 Å². The second-order valence-electron chi connectivity index (χ2n) is 8.12. The summed E-state index contributed by atoms with van der Waals surface area (Å²) < 4.78 is 4.86. The number of rotatable bonds is 7. The van der Waals surface area contributed by atoms with Crippen LogP contribution in [0.15, 0.2) is 65.8 Å². The number of imide groups is 1. The van der Waals surface area contributed by atoms with E-state index in [1.165, 1.54) is 25.3 Å². The molecule has 1 atom stereocenters. The van der Waals surface area contributed by atoms with Crippen LogP contribution in [0, 0.1) is 11.8 Å². The number of carbonyl (C=O) groups is 4. The van der Waals surface area contributed by atoms with Crippen LogP contribution in [0.25, 0.3) is 0 Å². The summed E-state index contributed by atoms with van der Waals surface area (Å²) in [6.45, 7) is 1.74. The summed E-state index contributed by atoms with van der Waals surface area (Å²) in [5, 5.41) is 5.74. The van der Waals surface area contributed by atoms with Crippen LogP contribution in [-0.2, 0) is 16.0 Å². The van der Waals surface area contributed by atoms with Gasteiger partial charge in [0.1, 0.15) is 11.7 Å². The number of esters is 1. The standard InChI is InChI=1S/C26H20ClN3O6/c1-14-4-3-5-20(27)22(14)23(31)28-21(26(34)36-2)12-15-6-9-17(10-7-15)30-24(32)18-11-8-16(29-35)13-19(18)25(30)33/h3-11,13,21H,12H2,1-2H3,(H,28,31). The van der Waals surface area contributed by atoms with Crippen LogP contribution in [0.5, 0.6) is 0 Å². The maximum Gasteiger partial charge on any atom is 0.328 e. The lowest BCUT2D eigenvalue weighted by Gasteiger charge is -2.19. The quantitative estimate of drug-likeness (QED) is 0.289. The van der Waals surface area contributed by atoms with Crippen LogP contribution in [0.4, 0.5) is 11.4 Å². The zero-order valence-corrected chi connectivity index (χ0v) is 20.0. The Morgan fingerprint density at radius 2 is 1.72 bits per heavy atom. The second-order valence-corrected chi connectivity index (χ2v) is 8.53. The molecular formula is C26H20ClN3O6. The Balaban J connectivity index is 1.53. The second kappa shape index (κ2) is 10.1. The third-order valence-electron chi connectivity index (χ3n) is 5.85. The molecular weight excluding hydrogens is 486 g/mol. The third-order valence-corrected chi connectivity index (χ3v) is 6.16. The Bertz CT molecular complexity index is 1380. The molecule has 182 valence electrons. The van der Waals surface area contributed by atoms with E-state index < -0.39 is 29.7 Å². The van der Waals surface area contributed by atoms with Crippen molar-refractivity contribution in [3.05, 3.63) is 98.4 Å². The van der Waals surface area contributed by atoms with Gasteiger partial charge in [0.15, 0.2) is 0 Å². The van der Waals surface area contributed by atoms with E-state index in [1.54, 1.807) is 49.4 Å². The molecule has 3 aromatic rings. The molecule has 0 bridgehead atoms. The molecule has 3 aromatic carbocycles. The molecule has 4 rings (SSSR count). The molecule has 10 heteroatoms. The van der Waals surface area contributed by atoms with Gasteiger partial charge < -0.3 is 10.1 Å². The molecule has 1 N–H and O–H groups in total. The maximum atomic E-state index is 12.9. The summed E-state index contributed by atoms with van der Waals surface area (Å²) in [5.41, 5.74) is 2.22. The van der Waals surface area contributed by atoms with E-state index in [0.29, 0.717) is 16.8 Å². The summed E-state index contributed by atoms with van der Waals surface area (Å²) >= 11 is 6.18. The molecule has 1 unspecified atom stereocenters. The van der Waals surface area contributed by atoms with Gasteiger partial charge in [0, 0.05) is 6.42 Å². The molecule has 1 aliphatic heterocycles. The number of halogens is 1. The molecule has 0 fully saturated rings. The lowest BCUT2D eigenvalue weighted by Crippen LogP contribution is -2.43. The fraction of sp³-hybridized carbons (Fsp3) is 0.154.